The van der Waals surface area contributed by atoms with Gasteiger partial charge in [-0.1, -0.05) is 60.1 Å². The second kappa shape index (κ2) is 13.7. The van der Waals surface area contributed by atoms with Gasteiger partial charge >= 0.3 is 6.03 Å². The van der Waals surface area contributed by atoms with E-state index in [1.807, 2.05) is 49.1 Å². The highest BCUT2D eigenvalue weighted by atomic mass is 35.5. The van der Waals surface area contributed by atoms with E-state index in [9.17, 15) is 23.9 Å². The highest BCUT2D eigenvalue weighted by Crippen LogP contribution is 2.38. The number of piperazine rings is 1. The van der Waals surface area contributed by atoms with E-state index in [2.05, 4.69) is 5.32 Å². The lowest BCUT2D eigenvalue weighted by atomic mass is 9.98. The van der Waals surface area contributed by atoms with Crippen molar-refractivity contribution in [2.75, 3.05) is 38.1 Å². The fourth-order valence-electron chi connectivity index (χ4n) is 6.10. The topological polar surface area (TPSA) is 99.7 Å². The Hall–Kier alpha value is -4.35. The maximum atomic E-state index is 14.5. The lowest BCUT2D eigenvalue weighted by molar-refractivity contribution is -0.187. The number of urea groups is 1. The number of halogens is 2. The molecular weight excluding hydrogens is 599 g/mol. The fraction of sp³-hybridized carbons (Fsp3) is 0.364. The average molecular weight is 637 g/mol. The standard InChI is InChI=1S/C33H38ClFN6O4/c1-4-38(5-2)27-18-24(35)13-16-26(27)31(34)39-20-29-40(28(32(39)44)17-22-11-14-25(42)15-12-22)30(43)21-37(3)41(29)33(45)36-19-23-9-7-6-8-10-23/h6-16,18,28-29,31,42H,4-5,17,19-21H2,1-3H3,(H,36,45)/t28-,29-,31+/m0/s1. The van der Waals surface area contributed by atoms with Gasteiger partial charge in [-0.15, -0.1) is 0 Å². The van der Waals surface area contributed by atoms with Crippen molar-refractivity contribution in [2.24, 2.45) is 0 Å². The van der Waals surface area contributed by atoms with Gasteiger partial charge in [-0.3, -0.25) is 9.59 Å². The van der Waals surface area contributed by atoms with Gasteiger partial charge in [0.15, 0.2) is 0 Å². The molecule has 4 amide bonds. The van der Waals surface area contributed by atoms with Crippen molar-refractivity contribution in [3.8, 4) is 5.75 Å². The minimum Gasteiger partial charge on any atom is -0.508 e. The van der Waals surface area contributed by atoms with Gasteiger partial charge in [0.05, 0.1) is 13.1 Å². The monoisotopic (exact) mass is 636 g/mol. The zero-order chi connectivity index (χ0) is 32.2. The second-order valence-electron chi connectivity index (χ2n) is 11.2. The number of likely N-dealkylation sites (N-methyl/N-ethyl adjacent to an activating group) is 1. The Morgan fingerprint density at radius 1 is 1.04 bits per heavy atom. The Morgan fingerprint density at radius 3 is 2.40 bits per heavy atom. The number of benzene rings is 3. The van der Waals surface area contributed by atoms with Crippen molar-refractivity contribution >= 4 is 35.1 Å². The summed E-state index contributed by atoms with van der Waals surface area (Å²) in [5.74, 6) is -1.04. The molecule has 0 bridgehead atoms. The Balaban J connectivity index is 1.53. The van der Waals surface area contributed by atoms with Crippen LogP contribution in [0.2, 0.25) is 0 Å². The number of carbonyl (C=O) groups is 3. The quantitative estimate of drug-likeness (QED) is 0.269. The summed E-state index contributed by atoms with van der Waals surface area (Å²) in [5.41, 5.74) is 1.72. The number of rotatable bonds is 9. The van der Waals surface area contributed by atoms with E-state index in [-0.39, 0.29) is 37.7 Å². The highest BCUT2D eigenvalue weighted by Gasteiger charge is 2.52. The summed E-state index contributed by atoms with van der Waals surface area (Å²) in [5, 5.41) is 15.8. The summed E-state index contributed by atoms with van der Waals surface area (Å²) in [7, 11) is 1.66. The lowest BCUT2D eigenvalue weighted by Crippen LogP contribution is -2.76. The molecule has 45 heavy (non-hydrogen) atoms. The number of nitrogens with zero attached hydrogens (tertiary/aromatic N) is 5. The third kappa shape index (κ3) is 6.69. The van der Waals surface area contributed by atoms with Gasteiger partial charge in [-0.25, -0.2) is 19.2 Å². The van der Waals surface area contributed by atoms with Gasteiger partial charge in [0.2, 0.25) is 11.8 Å². The van der Waals surface area contributed by atoms with Crippen molar-refractivity contribution in [3.63, 3.8) is 0 Å². The van der Waals surface area contributed by atoms with Crippen LogP contribution in [-0.4, -0.2) is 88.2 Å². The maximum absolute atomic E-state index is 14.5. The molecule has 2 heterocycles. The summed E-state index contributed by atoms with van der Waals surface area (Å²) in [6, 6.07) is 18.8. The van der Waals surface area contributed by atoms with Crippen LogP contribution >= 0.6 is 11.6 Å². The summed E-state index contributed by atoms with van der Waals surface area (Å²) in [6.45, 7) is 5.19. The number of anilines is 1. The smallest absolute Gasteiger partial charge is 0.334 e. The lowest BCUT2D eigenvalue weighted by Gasteiger charge is -2.55. The third-order valence-electron chi connectivity index (χ3n) is 8.37. The highest BCUT2D eigenvalue weighted by molar-refractivity contribution is 6.22. The molecule has 2 saturated heterocycles. The minimum atomic E-state index is -1.02. The van der Waals surface area contributed by atoms with E-state index in [1.165, 1.54) is 39.1 Å². The number of alkyl halides is 1. The average Bonchev–Trinajstić information content (AvgIpc) is 3.03. The van der Waals surface area contributed by atoms with Gasteiger partial charge in [0, 0.05) is 44.4 Å². The first-order chi connectivity index (χ1) is 21.6. The molecule has 0 aromatic heterocycles. The van der Waals surface area contributed by atoms with E-state index in [0.29, 0.717) is 24.3 Å². The Kier molecular flexibility index (Phi) is 9.79. The van der Waals surface area contributed by atoms with Crippen LogP contribution in [0.1, 0.15) is 36.0 Å². The Bertz CT molecular complexity index is 1520. The Labute approximate surface area is 267 Å². The van der Waals surface area contributed by atoms with Gasteiger partial charge in [-0.05, 0) is 49.2 Å². The number of hydrogen-bond donors (Lipinski definition) is 2. The van der Waals surface area contributed by atoms with E-state index < -0.39 is 35.5 Å². The molecule has 5 rings (SSSR count). The number of aromatic hydroxyl groups is 1. The van der Waals surface area contributed by atoms with Crippen molar-refractivity contribution in [3.05, 3.63) is 95.3 Å². The molecule has 0 radical (unpaired) electrons. The first-order valence-electron chi connectivity index (χ1n) is 15.0. The molecule has 2 N–H and O–H groups in total. The molecule has 10 nitrogen and oxygen atoms in total. The van der Waals surface area contributed by atoms with Crippen molar-refractivity contribution in [2.45, 2.75) is 44.5 Å². The van der Waals surface area contributed by atoms with Crippen molar-refractivity contribution in [1.29, 1.82) is 0 Å². The van der Waals surface area contributed by atoms with E-state index in [1.54, 1.807) is 30.3 Å². The molecule has 3 atom stereocenters. The molecule has 0 aliphatic carbocycles. The maximum Gasteiger partial charge on any atom is 0.334 e. The summed E-state index contributed by atoms with van der Waals surface area (Å²) in [6.07, 6.45) is -0.734. The SMILES string of the molecule is CCN(CC)c1cc(F)ccc1[C@H](Cl)N1C[C@H]2N(C(=O)CN(C)N2C(=O)NCc2ccccc2)[C@@H](Cc2ccc(O)cc2)C1=O. The zero-order valence-corrected chi connectivity index (χ0v) is 26.3. The van der Waals surface area contributed by atoms with Crippen LogP contribution in [0.4, 0.5) is 14.9 Å². The molecule has 0 spiro atoms. The van der Waals surface area contributed by atoms with Crippen LogP contribution in [0.3, 0.4) is 0 Å². The fourth-order valence-corrected chi connectivity index (χ4v) is 6.46. The third-order valence-corrected chi connectivity index (χ3v) is 8.84. The number of nitrogens with one attached hydrogen (secondary N) is 1. The van der Waals surface area contributed by atoms with E-state index in [0.717, 1.165) is 11.1 Å². The number of fused-ring (bicyclic) bond motifs is 1. The number of phenols is 1. The summed E-state index contributed by atoms with van der Waals surface area (Å²) < 4.78 is 14.5. The number of amides is 4. The van der Waals surface area contributed by atoms with Gasteiger partial charge in [0.1, 0.15) is 29.3 Å². The first-order valence-corrected chi connectivity index (χ1v) is 15.5. The molecule has 0 unspecified atom stereocenters. The molecule has 2 aliphatic rings. The molecule has 2 fully saturated rings. The first kappa shape index (κ1) is 32.1. The number of hydrazine groups is 1. The normalized spacial score (nSPS) is 19.4. The van der Waals surface area contributed by atoms with Gasteiger partial charge in [0.25, 0.3) is 0 Å². The largest absolute Gasteiger partial charge is 0.508 e. The molecule has 3 aromatic rings. The molecule has 12 heteroatoms. The van der Waals surface area contributed by atoms with Gasteiger partial charge < -0.3 is 25.1 Å². The number of phenolic OH excluding ortho intramolecular Hbond substituents is 1. The van der Waals surface area contributed by atoms with Crippen LogP contribution in [0.5, 0.6) is 5.75 Å². The second-order valence-corrected chi connectivity index (χ2v) is 11.6. The molecular formula is C33H38ClFN6O4. The predicted molar refractivity (Wildman–Crippen MR) is 170 cm³/mol. The zero-order valence-electron chi connectivity index (χ0n) is 25.6. The number of carbonyl (C=O) groups excluding carboxylic acids is 3. The minimum absolute atomic E-state index is 0.0665. The van der Waals surface area contributed by atoms with Gasteiger partial charge in [-0.2, -0.15) is 0 Å². The Morgan fingerprint density at radius 2 is 1.73 bits per heavy atom. The van der Waals surface area contributed by atoms with Crippen LogP contribution in [0.25, 0.3) is 0 Å². The number of hydrogen-bond acceptors (Lipinski definition) is 6. The van der Waals surface area contributed by atoms with Crippen molar-refractivity contribution in [1.82, 2.24) is 25.1 Å². The molecule has 2 aliphatic heterocycles. The predicted octanol–water partition coefficient (Wildman–Crippen LogP) is 4.30. The van der Waals surface area contributed by atoms with Crippen LogP contribution < -0.4 is 10.2 Å². The van der Waals surface area contributed by atoms with Crippen LogP contribution in [0, 0.1) is 5.82 Å². The molecule has 0 saturated carbocycles. The van der Waals surface area contributed by atoms with Crippen molar-refractivity contribution < 1.29 is 23.9 Å². The van der Waals surface area contributed by atoms with E-state index in [4.69, 9.17) is 11.6 Å². The molecule has 3 aromatic carbocycles. The molecule has 238 valence electrons. The summed E-state index contributed by atoms with van der Waals surface area (Å²) >= 11 is 7.14. The van der Waals surface area contributed by atoms with Crippen LogP contribution in [0.15, 0.2) is 72.8 Å². The summed E-state index contributed by atoms with van der Waals surface area (Å²) in [4.78, 5) is 46.6. The van der Waals surface area contributed by atoms with E-state index >= 15 is 0 Å². The van der Waals surface area contributed by atoms with Crippen LogP contribution in [-0.2, 0) is 22.6 Å².